The summed E-state index contributed by atoms with van der Waals surface area (Å²) in [6.07, 6.45) is 1.96. The highest BCUT2D eigenvalue weighted by molar-refractivity contribution is 5.59. The number of nitrogens with one attached hydrogen (secondary N) is 1. The van der Waals surface area contributed by atoms with E-state index in [-0.39, 0.29) is 0 Å². The van der Waals surface area contributed by atoms with Crippen molar-refractivity contribution in [3.05, 3.63) is 11.4 Å². The Kier molecular flexibility index (Phi) is 6.06. The molecule has 0 bridgehead atoms. The molecular weight excluding hydrogens is 236 g/mol. The fraction of sp³-hybridized carbons (Fsp3) is 0.733. The fourth-order valence-corrected chi connectivity index (χ4v) is 2.16. The molecule has 19 heavy (non-hydrogen) atoms. The van der Waals surface area contributed by atoms with E-state index in [1.54, 1.807) is 0 Å². The third kappa shape index (κ3) is 3.82. The largest absolute Gasteiger partial charge is 0.370 e. The van der Waals surface area contributed by atoms with Gasteiger partial charge in [-0.15, -0.1) is 0 Å². The first kappa shape index (κ1) is 15.7. The Balaban J connectivity index is 3.21. The van der Waals surface area contributed by atoms with E-state index in [4.69, 9.17) is 4.98 Å². The van der Waals surface area contributed by atoms with Gasteiger partial charge in [0.15, 0.2) is 0 Å². The van der Waals surface area contributed by atoms with Gasteiger partial charge in [-0.05, 0) is 34.1 Å². The van der Waals surface area contributed by atoms with Crippen LogP contribution in [0.3, 0.4) is 0 Å². The molecule has 1 aromatic heterocycles. The predicted octanol–water partition coefficient (Wildman–Crippen LogP) is 3.40. The molecule has 0 spiro atoms. The van der Waals surface area contributed by atoms with Crippen molar-refractivity contribution >= 4 is 11.6 Å². The van der Waals surface area contributed by atoms with Crippen LogP contribution in [0.2, 0.25) is 0 Å². The van der Waals surface area contributed by atoms with E-state index in [2.05, 4.69) is 56.7 Å². The molecule has 0 unspecified atom stereocenters. The van der Waals surface area contributed by atoms with E-state index >= 15 is 0 Å². The molecule has 1 rings (SSSR count). The molecule has 1 heterocycles. The van der Waals surface area contributed by atoms with Crippen LogP contribution in [0.5, 0.6) is 0 Å². The number of aryl methyl sites for hydroxylation is 1. The zero-order chi connectivity index (χ0) is 14.4. The van der Waals surface area contributed by atoms with Gasteiger partial charge in [0.2, 0.25) is 0 Å². The lowest BCUT2D eigenvalue weighted by Gasteiger charge is -2.29. The van der Waals surface area contributed by atoms with E-state index in [0.29, 0.717) is 6.04 Å². The summed E-state index contributed by atoms with van der Waals surface area (Å²) in [5.74, 6) is 2.98. The van der Waals surface area contributed by atoms with Gasteiger partial charge in [-0.25, -0.2) is 9.97 Å². The zero-order valence-corrected chi connectivity index (χ0v) is 13.2. The maximum absolute atomic E-state index is 4.73. The van der Waals surface area contributed by atoms with Crippen molar-refractivity contribution in [2.45, 2.75) is 60.4 Å². The molecule has 4 heteroatoms. The summed E-state index contributed by atoms with van der Waals surface area (Å²) in [5.41, 5.74) is 1.15. The third-order valence-corrected chi connectivity index (χ3v) is 3.26. The second-order valence-electron chi connectivity index (χ2n) is 5.10. The zero-order valence-electron chi connectivity index (χ0n) is 13.2. The maximum Gasteiger partial charge on any atom is 0.137 e. The molecule has 0 fully saturated rings. The Bertz CT molecular complexity index is 401. The van der Waals surface area contributed by atoms with Crippen molar-refractivity contribution in [2.75, 3.05) is 23.3 Å². The number of aromatic nitrogens is 2. The second kappa shape index (κ2) is 7.31. The Morgan fingerprint density at radius 3 is 2.32 bits per heavy atom. The molecule has 0 amide bonds. The van der Waals surface area contributed by atoms with Crippen molar-refractivity contribution in [3.63, 3.8) is 0 Å². The summed E-state index contributed by atoms with van der Waals surface area (Å²) in [7, 11) is 0. The lowest BCUT2D eigenvalue weighted by atomic mass is 10.2. The molecule has 1 aromatic rings. The van der Waals surface area contributed by atoms with Crippen LogP contribution < -0.4 is 10.2 Å². The SMILES string of the molecule is CCCNc1nc(CC)nc(N(CC)C(C)C)c1C. The van der Waals surface area contributed by atoms with Crippen molar-refractivity contribution in [1.29, 1.82) is 0 Å². The van der Waals surface area contributed by atoms with Crippen molar-refractivity contribution in [3.8, 4) is 0 Å². The Morgan fingerprint density at radius 1 is 1.16 bits per heavy atom. The van der Waals surface area contributed by atoms with Gasteiger partial charge < -0.3 is 10.2 Å². The van der Waals surface area contributed by atoms with Gasteiger partial charge in [0.1, 0.15) is 17.5 Å². The molecule has 1 N–H and O–H groups in total. The number of nitrogens with zero attached hydrogens (tertiary/aromatic N) is 3. The van der Waals surface area contributed by atoms with E-state index < -0.39 is 0 Å². The van der Waals surface area contributed by atoms with E-state index in [1.165, 1.54) is 0 Å². The number of hydrogen-bond acceptors (Lipinski definition) is 4. The molecule has 0 saturated carbocycles. The molecule has 108 valence electrons. The first-order valence-electron chi connectivity index (χ1n) is 7.43. The second-order valence-corrected chi connectivity index (χ2v) is 5.10. The average Bonchev–Trinajstić information content (AvgIpc) is 2.39. The van der Waals surface area contributed by atoms with Crippen LogP contribution in [0, 0.1) is 6.92 Å². The third-order valence-electron chi connectivity index (χ3n) is 3.26. The molecule has 0 aliphatic carbocycles. The fourth-order valence-electron chi connectivity index (χ4n) is 2.16. The van der Waals surface area contributed by atoms with Crippen LogP contribution in [0.25, 0.3) is 0 Å². The smallest absolute Gasteiger partial charge is 0.137 e. The summed E-state index contributed by atoms with van der Waals surface area (Å²) in [6, 6.07) is 0.447. The number of hydrogen-bond donors (Lipinski definition) is 1. The summed E-state index contributed by atoms with van der Waals surface area (Å²) < 4.78 is 0. The maximum atomic E-state index is 4.73. The molecule has 0 atom stereocenters. The van der Waals surface area contributed by atoms with Crippen molar-refractivity contribution < 1.29 is 0 Å². The van der Waals surface area contributed by atoms with Crippen molar-refractivity contribution in [2.24, 2.45) is 0 Å². The minimum absolute atomic E-state index is 0.447. The summed E-state index contributed by atoms with van der Waals surface area (Å²) >= 11 is 0. The lowest BCUT2D eigenvalue weighted by Crippen LogP contribution is -2.32. The van der Waals surface area contributed by atoms with Crippen LogP contribution in [0.4, 0.5) is 11.6 Å². The van der Waals surface area contributed by atoms with E-state index in [0.717, 1.165) is 49.0 Å². The Hall–Kier alpha value is -1.32. The van der Waals surface area contributed by atoms with Crippen LogP contribution in [-0.4, -0.2) is 29.1 Å². The monoisotopic (exact) mass is 264 g/mol. The predicted molar refractivity (Wildman–Crippen MR) is 83.1 cm³/mol. The van der Waals surface area contributed by atoms with E-state index in [9.17, 15) is 0 Å². The quantitative estimate of drug-likeness (QED) is 0.819. The van der Waals surface area contributed by atoms with Crippen LogP contribution in [-0.2, 0) is 6.42 Å². The highest BCUT2D eigenvalue weighted by atomic mass is 15.2. The first-order valence-corrected chi connectivity index (χ1v) is 7.43. The molecule has 0 saturated heterocycles. The van der Waals surface area contributed by atoms with Crippen molar-refractivity contribution in [1.82, 2.24) is 9.97 Å². The molecule has 0 aromatic carbocycles. The highest BCUT2D eigenvalue weighted by Crippen LogP contribution is 2.25. The molecule has 4 nitrogen and oxygen atoms in total. The van der Waals surface area contributed by atoms with Gasteiger partial charge in [-0.2, -0.15) is 0 Å². The molecular formula is C15H28N4. The summed E-state index contributed by atoms with van der Waals surface area (Å²) in [5, 5.41) is 3.42. The standard InChI is InChI=1S/C15H28N4/c1-7-10-16-14-12(6)15(18-13(8-2)17-14)19(9-3)11(4)5/h11H,7-10H2,1-6H3,(H,16,17,18). The minimum atomic E-state index is 0.447. The lowest BCUT2D eigenvalue weighted by molar-refractivity contribution is 0.685. The van der Waals surface area contributed by atoms with Gasteiger partial charge in [0.25, 0.3) is 0 Å². The van der Waals surface area contributed by atoms with Gasteiger partial charge in [0.05, 0.1) is 0 Å². The van der Waals surface area contributed by atoms with Gasteiger partial charge in [-0.3, -0.25) is 0 Å². The van der Waals surface area contributed by atoms with Gasteiger partial charge in [0, 0.05) is 31.1 Å². The first-order chi connectivity index (χ1) is 9.04. The van der Waals surface area contributed by atoms with Crippen LogP contribution in [0.15, 0.2) is 0 Å². The average molecular weight is 264 g/mol. The van der Waals surface area contributed by atoms with Crippen LogP contribution in [0.1, 0.15) is 52.4 Å². The summed E-state index contributed by atoms with van der Waals surface area (Å²) in [4.78, 5) is 11.7. The molecule has 0 radical (unpaired) electrons. The number of anilines is 2. The molecule has 0 aliphatic heterocycles. The molecule has 0 aliphatic rings. The van der Waals surface area contributed by atoms with Gasteiger partial charge in [-0.1, -0.05) is 13.8 Å². The normalized spacial score (nSPS) is 10.9. The topological polar surface area (TPSA) is 41.1 Å². The van der Waals surface area contributed by atoms with Crippen LogP contribution >= 0.6 is 0 Å². The number of rotatable bonds is 7. The highest BCUT2D eigenvalue weighted by Gasteiger charge is 2.17. The Morgan fingerprint density at radius 2 is 1.84 bits per heavy atom. The summed E-state index contributed by atoms with van der Waals surface area (Å²) in [6.45, 7) is 14.9. The Labute approximate surface area is 117 Å². The van der Waals surface area contributed by atoms with Gasteiger partial charge >= 0.3 is 0 Å². The van der Waals surface area contributed by atoms with E-state index in [1.807, 2.05) is 0 Å². The minimum Gasteiger partial charge on any atom is -0.370 e.